The molecule has 2 aliphatic rings. The summed E-state index contributed by atoms with van der Waals surface area (Å²) < 4.78 is 37.5. The fraction of sp³-hybridized carbons (Fsp3) is 0.650. The van der Waals surface area contributed by atoms with Crippen molar-refractivity contribution in [1.29, 1.82) is 0 Å². The van der Waals surface area contributed by atoms with E-state index in [0.717, 1.165) is 62.9 Å². The molecule has 0 spiro atoms. The molecule has 50 heavy (non-hydrogen) atoms. The van der Waals surface area contributed by atoms with Gasteiger partial charge in [0.25, 0.3) is 0 Å². The zero-order valence-corrected chi connectivity index (χ0v) is 34.2. The molecule has 0 amide bonds. The van der Waals surface area contributed by atoms with Gasteiger partial charge in [-0.05, 0) is 86.9 Å². The Morgan fingerprint density at radius 1 is 0.680 bits per heavy atom. The van der Waals surface area contributed by atoms with Gasteiger partial charge in [0.15, 0.2) is 29.2 Å². The molecule has 4 rings (SSSR count). The summed E-state index contributed by atoms with van der Waals surface area (Å²) in [6, 6.07) is 7.97. The maximum Gasteiger partial charge on any atom is 0.194 e. The lowest BCUT2D eigenvalue weighted by Crippen LogP contribution is -2.42. The van der Waals surface area contributed by atoms with Crippen LogP contribution in [0.5, 0.6) is 0 Å². The van der Waals surface area contributed by atoms with Crippen LogP contribution < -0.4 is 0 Å². The molecule has 0 aromatic carbocycles. The van der Waals surface area contributed by atoms with Crippen molar-refractivity contribution in [3.63, 3.8) is 0 Å². The van der Waals surface area contributed by atoms with E-state index in [1.165, 1.54) is 0 Å². The fourth-order valence-electron chi connectivity index (χ4n) is 5.16. The van der Waals surface area contributed by atoms with E-state index in [1.54, 1.807) is 12.4 Å². The minimum Gasteiger partial charge on any atom is -0.399 e. The van der Waals surface area contributed by atoms with Crippen LogP contribution >= 0.6 is 0 Å². The number of ether oxygens (including phenoxy) is 4. The van der Waals surface area contributed by atoms with E-state index in [-0.39, 0.29) is 35.9 Å². The Hall–Kier alpha value is -2.39. The van der Waals surface area contributed by atoms with Crippen LogP contribution in [0.25, 0.3) is 11.4 Å². The standard InChI is InChI=1S/C40H60N2O6Si2/c1-39(2,3)49(7,8)47-33(21-17-29-45-35-23-11-13-27-43-35)31-19-15-25-41-37(31)38-32(20-16-26-42-38)34(48-50(9,10)40(4,5)6)22-18-30-46-36-24-12-14-28-44-36/h15-16,19-20,25-26,33-36H,11-14,23-24,27-30H2,1-10H3/t33-,34-,35?,36?/m1/s1. The Morgan fingerprint density at radius 3 is 1.42 bits per heavy atom. The number of hydrogen-bond donors (Lipinski definition) is 0. The van der Waals surface area contributed by atoms with E-state index in [4.69, 9.17) is 37.8 Å². The van der Waals surface area contributed by atoms with Crippen LogP contribution in [0.2, 0.25) is 36.3 Å². The van der Waals surface area contributed by atoms with Crippen molar-refractivity contribution in [3.8, 4) is 35.1 Å². The Morgan fingerprint density at radius 2 is 1.08 bits per heavy atom. The second kappa shape index (κ2) is 17.9. The van der Waals surface area contributed by atoms with E-state index in [1.807, 2.05) is 24.3 Å². The highest BCUT2D eigenvalue weighted by Crippen LogP contribution is 2.43. The van der Waals surface area contributed by atoms with Crippen LogP contribution in [-0.2, 0) is 27.8 Å². The summed E-state index contributed by atoms with van der Waals surface area (Å²) in [6.07, 6.45) is 8.24. The molecule has 8 nitrogen and oxygen atoms in total. The number of rotatable bonds is 11. The highest BCUT2D eigenvalue weighted by atomic mass is 28.4. The lowest BCUT2D eigenvalue weighted by molar-refractivity contribution is -0.154. The molecule has 2 saturated heterocycles. The minimum absolute atomic E-state index is 0.0275. The summed E-state index contributed by atoms with van der Waals surface area (Å²) >= 11 is 0. The first kappa shape index (κ1) is 40.4. The van der Waals surface area contributed by atoms with Crippen LogP contribution in [0.1, 0.15) is 103 Å². The molecule has 0 N–H and O–H groups in total. The minimum atomic E-state index is -2.27. The van der Waals surface area contributed by atoms with E-state index >= 15 is 0 Å². The molecular weight excluding hydrogens is 661 g/mol. The molecule has 0 saturated carbocycles. The zero-order valence-electron chi connectivity index (χ0n) is 32.2. The predicted molar refractivity (Wildman–Crippen MR) is 204 cm³/mol. The molecule has 274 valence electrons. The number of nitrogens with zero attached hydrogens (tertiary/aromatic N) is 2. The zero-order chi connectivity index (χ0) is 36.4. The quantitative estimate of drug-likeness (QED) is 0.168. The van der Waals surface area contributed by atoms with Crippen molar-refractivity contribution in [2.45, 2.75) is 141 Å². The number of pyridine rings is 2. The molecule has 0 aliphatic carbocycles. The summed E-state index contributed by atoms with van der Waals surface area (Å²) in [4.78, 5) is 9.86. The average molecular weight is 721 g/mol. The van der Waals surface area contributed by atoms with Crippen LogP contribution in [0, 0.1) is 23.7 Å². The summed E-state index contributed by atoms with van der Waals surface area (Å²) in [5.74, 6) is 13.4. The van der Waals surface area contributed by atoms with Crippen molar-refractivity contribution in [2.24, 2.45) is 0 Å². The van der Waals surface area contributed by atoms with Gasteiger partial charge in [0.05, 0.1) is 11.4 Å². The van der Waals surface area contributed by atoms with Gasteiger partial charge in [0, 0.05) is 36.7 Å². The molecule has 2 aromatic heterocycles. The van der Waals surface area contributed by atoms with E-state index < -0.39 is 28.8 Å². The molecule has 4 atom stereocenters. The predicted octanol–water partition coefficient (Wildman–Crippen LogP) is 9.36. The summed E-state index contributed by atoms with van der Waals surface area (Å²) in [7, 11) is -4.55. The summed E-state index contributed by atoms with van der Waals surface area (Å²) in [5, 5.41) is -0.0549. The van der Waals surface area contributed by atoms with Gasteiger partial charge in [-0.1, -0.05) is 77.4 Å². The average Bonchev–Trinajstić information content (AvgIpc) is 3.07. The van der Waals surface area contributed by atoms with Crippen molar-refractivity contribution in [1.82, 2.24) is 9.97 Å². The molecule has 0 bridgehead atoms. The normalized spacial score (nSPS) is 20.2. The van der Waals surface area contributed by atoms with E-state index in [9.17, 15) is 0 Å². The van der Waals surface area contributed by atoms with Crippen molar-refractivity contribution < 1.29 is 27.8 Å². The van der Waals surface area contributed by atoms with Crippen LogP contribution in [0.15, 0.2) is 36.7 Å². The second-order valence-electron chi connectivity index (χ2n) is 16.3. The van der Waals surface area contributed by atoms with Gasteiger partial charge >= 0.3 is 0 Å². The molecule has 0 radical (unpaired) electrons. The molecule has 10 heteroatoms. The maximum atomic E-state index is 7.04. The third kappa shape index (κ3) is 11.3. The Balaban J connectivity index is 1.73. The smallest absolute Gasteiger partial charge is 0.194 e. The molecule has 2 fully saturated rings. The molecular formula is C40H60N2O6Si2. The Labute approximate surface area is 304 Å². The van der Waals surface area contributed by atoms with Crippen molar-refractivity contribution in [2.75, 3.05) is 26.4 Å². The van der Waals surface area contributed by atoms with Gasteiger partial charge in [-0.25, -0.2) is 0 Å². The van der Waals surface area contributed by atoms with E-state index in [2.05, 4.69) is 91.4 Å². The van der Waals surface area contributed by atoms with Crippen LogP contribution in [0.4, 0.5) is 0 Å². The van der Waals surface area contributed by atoms with Crippen LogP contribution in [0.3, 0.4) is 0 Å². The molecule has 2 aliphatic heterocycles. The monoisotopic (exact) mass is 720 g/mol. The van der Waals surface area contributed by atoms with Gasteiger partial charge in [-0.2, -0.15) is 0 Å². The molecule has 2 unspecified atom stereocenters. The topological polar surface area (TPSA) is 81.2 Å². The number of aromatic nitrogens is 2. The Kier molecular flexibility index (Phi) is 14.5. The summed E-state index contributed by atoms with van der Waals surface area (Å²) in [5.41, 5.74) is 3.12. The highest BCUT2D eigenvalue weighted by Gasteiger charge is 2.41. The third-order valence-electron chi connectivity index (χ3n) is 10.3. The van der Waals surface area contributed by atoms with Gasteiger partial charge in [-0.15, -0.1) is 0 Å². The van der Waals surface area contributed by atoms with Crippen LogP contribution in [-0.4, -0.2) is 65.6 Å². The number of hydrogen-bond acceptors (Lipinski definition) is 8. The van der Waals surface area contributed by atoms with Crippen molar-refractivity contribution in [3.05, 3.63) is 47.8 Å². The first-order valence-corrected chi connectivity index (χ1v) is 24.1. The lowest BCUT2D eigenvalue weighted by atomic mass is 9.99. The Bertz CT molecular complexity index is 1390. The van der Waals surface area contributed by atoms with Crippen molar-refractivity contribution >= 4 is 16.6 Å². The largest absolute Gasteiger partial charge is 0.399 e. The summed E-state index contributed by atoms with van der Waals surface area (Å²) in [6.45, 7) is 24.4. The molecule has 4 heterocycles. The van der Waals surface area contributed by atoms with Gasteiger partial charge in [-0.3, -0.25) is 9.97 Å². The highest BCUT2D eigenvalue weighted by molar-refractivity contribution is 6.74. The molecule has 2 aromatic rings. The van der Waals surface area contributed by atoms with Gasteiger partial charge in [0.1, 0.15) is 25.4 Å². The maximum absolute atomic E-state index is 7.04. The van der Waals surface area contributed by atoms with E-state index in [0.29, 0.717) is 11.4 Å². The third-order valence-corrected chi connectivity index (χ3v) is 19.2. The second-order valence-corrected chi connectivity index (χ2v) is 25.8. The fourth-order valence-corrected chi connectivity index (χ4v) is 7.42. The first-order chi connectivity index (χ1) is 23.6. The first-order valence-electron chi connectivity index (χ1n) is 18.3. The lowest BCUT2D eigenvalue weighted by Gasteiger charge is -2.39. The van der Waals surface area contributed by atoms with Gasteiger partial charge in [0.2, 0.25) is 0 Å². The SMILES string of the molecule is CC(C)(C)[Si](C)(C)O[C@H](C#CCOC1CCCCO1)c1cccnc1-c1ncccc1[C@@H](C#CCOC1CCCCO1)O[Si](C)(C)C(C)(C)C. The van der Waals surface area contributed by atoms with Gasteiger partial charge < -0.3 is 27.8 Å².